The Bertz CT molecular complexity index is 1800. The maximum Gasteiger partial charge on any atom is 0.472 e. The zero-order valence-corrected chi connectivity index (χ0v) is 47.9. The number of rotatable bonds is 49. The fraction of sp³-hybridized carbons (Fsp3) is 0.562. The van der Waals surface area contributed by atoms with Gasteiger partial charge in [0.2, 0.25) is 0 Å². The van der Waals surface area contributed by atoms with E-state index in [9.17, 15) is 19.0 Å². The zero-order valence-electron chi connectivity index (χ0n) is 47.0. The predicted octanol–water partition coefficient (Wildman–Crippen LogP) is 17.7. The minimum Gasteiger partial charge on any atom is -0.461 e. The van der Waals surface area contributed by atoms with E-state index in [4.69, 9.17) is 18.5 Å². The number of esters is 2. The van der Waals surface area contributed by atoms with Crippen LogP contribution in [-0.4, -0.2) is 74.9 Å². The average Bonchev–Trinajstić information content (AvgIpc) is 3.36. The standard InChI is InChI=1S/C64H102NO8P/c1-6-8-10-12-14-16-18-20-22-23-24-25-26-27-28-29-30-31-32-33-34-35-36-37-38-39-40-41-43-45-47-49-51-53-55-57-64(67)73-62(61-72-74(68,69)71-59-58-65(3,4)5)60-70-63(66)56-54-52-50-48-46-44-42-21-19-17-15-13-11-9-7-2/h8-11,14-17,20-22,24-25,27-28,30-31,33-34,36-37,42,46,48,52,54,62H,6-7,12-13,18-19,23,26,29,32,35,38-41,43-45,47,49-51,53,55-61H2,1-5H3/p+1/b10-8-,11-9-,16-14-,17-15-,22-20-,25-24-,28-27-,31-30-,34-33-,37-36-,42-21-,48-46-,54-52-. The molecule has 0 radical (unpaired) electrons. The number of ether oxygens (including phenoxy) is 2. The van der Waals surface area contributed by atoms with Crippen LogP contribution in [0.1, 0.15) is 181 Å². The summed E-state index contributed by atoms with van der Waals surface area (Å²) in [6.45, 7) is 4.05. The molecule has 0 bridgehead atoms. The molecule has 2 atom stereocenters. The van der Waals surface area contributed by atoms with Crippen LogP contribution in [0.4, 0.5) is 0 Å². The Balaban J connectivity index is 4.22. The fourth-order valence-corrected chi connectivity index (χ4v) is 7.55. The number of hydrogen-bond acceptors (Lipinski definition) is 7. The van der Waals surface area contributed by atoms with Gasteiger partial charge < -0.3 is 18.9 Å². The molecule has 0 aliphatic rings. The normalized spacial score (nSPS) is 14.5. The first-order chi connectivity index (χ1) is 36.0. The zero-order chi connectivity index (χ0) is 54.2. The number of likely N-dealkylation sites (N-methyl/N-ethyl adjacent to an activating group) is 1. The van der Waals surface area contributed by atoms with Crippen LogP contribution in [-0.2, 0) is 32.7 Å². The monoisotopic (exact) mass is 1040 g/mol. The molecule has 0 aliphatic heterocycles. The van der Waals surface area contributed by atoms with Gasteiger partial charge in [0.05, 0.1) is 34.2 Å². The van der Waals surface area contributed by atoms with Gasteiger partial charge in [-0.05, 0) is 103 Å². The van der Waals surface area contributed by atoms with E-state index in [1.165, 1.54) is 38.5 Å². The summed E-state index contributed by atoms with van der Waals surface area (Å²) in [6.07, 6.45) is 80.6. The van der Waals surface area contributed by atoms with Gasteiger partial charge in [0.25, 0.3) is 0 Å². The Hall–Kier alpha value is -4.37. The Morgan fingerprint density at radius 2 is 0.770 bits per heavy atom. The largest absolute Gasteiger partial charge is 0.472 e. The van der Waals surface area contributed by atoms with Crippen LogP contribution < -0.4 is 0 Å². The smallest absolute Gasteiger partial charge is 0.461 e. The van der Waals surface area contributed by atoms with Crippen molar-refractivity contribution in [3.8, 4) is 0 Å². The third-order valence-electron chi connectivity index (χ3n) is 11.1. The van der Waals surface area contributed by atoms with Crippen molar-refractivity contribution in [2.45, 2.75) is 187 Å². The van der Waals surface area contributed by atoms with E-state index in [1.54, 1.807) is 6.08 Å². The van der Waals surface area contributed by atoms with Gasteiger partial charge >= 0.3 is 19.8 Å². The highest BCUT2D eigenvalue weighted by atomic mass is 31.2. The Morgan fingerprint density at radius 1 is 0.432 bits per heavy atom. The molecule has 416 valence electrons. The number of carbonyl (C=O) groups excluding carboxylic acids is 2. The molecule has 9 nitrogen and oxygen atoms in total. The van der Waals surface area contributed by atoms with Crippen LogP contribution in [0.3, 0.4) is 0 Å². The van der Waals surface area contributed by atoms with Gasteiger partial charge in [-0.3, -0.25) is 18.6 Å². The molecule has 0 heterocycles. The van der Waals surface area contributed by atoms with E-state index in [2.05, 4.69) is 154 Å². The maximum absolute atomic E-state index is 12.8. The molecule has 1 N–H and O–H groups in total. The van der Waals surface area contributed by atoms with Crippen LogP contribution in [0.15, 0.2) is 158 Å². The predicted molar refractivity (Wildman–Crippen MR) is 316 cm³/mol. The Morgan fingerprint density at radius 3 is 1.15 bits per heavy atom. The van der Waals surface area contributed by atoms with Crippen LogP contribution in [0.25, 0.3) is 0 Å². The molecule has 0 amide bonds. The average molecular weight is 1050 g/mol. The van der Waals surface area contributed by atoms with E-state index >= 15 is 0 Å². The molecule has 0 aromatic rings. The molecule has 0 saturated heterocycles. The van der Waals surface area contributed by atoms with Crippen molar-refractivity contribution >= 4 is 19.8 Å². The first-order valence-electron chi connectivity index (χ1n) is 28.2. The van der Waals surface area contributed by atoms with E-state index in [0.29, 0.717) is 23.9 Å². The summed E-state index contributed by atoms with van der Waals surface area (Å²) in [5.41, 5.74) is 0. The summed E-state index contributed by atoms with van der Waals surface area (Å²) >= 11 is 0. The number of hydrogen-bond donors (Lipinski definition) is 1. The molecule has 0 fully saturated rings. The number of phosphoric acid groups is 1. The molecule has 10 heteroatoms. The summed E-state index contributed by atoms with van der Waals surface area (Å²) in [7, 11) is 1.40. The lowest BCUT2D eigenvalue weighted by Gasteiger charge is -2.24. The molecule has 0 aromatic heterocycles. The third kappa shape index (κ3) is 56.9. The van der Waals surface area contributed by atoms with Crippen molar-refractivity contribution in [1.29, 1.82) is 0 Å². The van der Waals surface area contributed by atoms with Gasteiger partial charge in [-0.25, -0.2) is 4.57 Å². The molecule has 0 aliphatic carbocycles. The van der Waals surface area contributed by atoms with Crippen molar-refractivity contribution in [3.05, 3.63) is 158 Å². The van der Waals surface area contributed by atoms with Crippen LogP contribution in [0, 0.1) is 0 Å². The summed E-state index contributed by atoms with van der Waals surface area (Å²) in [4.78, 5) is 35.5. The van der Waals surface area contributed by atoms with E-state index < -0.39 is 32.5 Å². The number of allylic oxidation sites excluding steroid dienone is 25. The second-order valence-corrected chi connectivity index (χ2v) is 20.7. The number of unbranched alkanes of at least 4 members (excludes halogenated alkanes) is 10. The minimum absolute atomic E-state index is 0.00850. The molecule has 0 saturated carbocycles. The first kappa shape index (κ1) is 69.6. The van der Waals surface area contributed by atoms with Crippen LogP contribution in [0.2, 0.25) is 0 Å². The first-order valence-corrected chi connectivity index (χ1v) is 29.7. The van der Waals surface area contributed by atoms with Crippen molar-refractivity contribution in [1.82, 2.24) is 0 Å². The molecule has 0 spiro atoms. The highest BCUT2D eigenvalue weighted by Crippen LogP contribution is 2.43. The minimum atomic E-state index is -4.42. The Kier molecular flexibility index (Phi) is 50.3. The van der Waals surface area contributed by atoms with Crippen molar-refractivity contribution < 1.29 is 42.1 Å². The molecular weight excluding hydrogens is 942 g/mol. The number of quaternary nitrogens is 1. The molecule has 2 unspecified atom stereocenters. The quantitative estimate of drug-likeness (QED) is 0.0211. The van der Waals surface area contributed by atoms with Crippen LogP contribution >= 0.6 is 7.82 Å². The van der Waals surface area contributed by atoms with Gasteiger partial charge in [-0.15, -0.1) is 0 Å². The topological polar surface area (TPSA) is 108 Å². The number of nitrogens with zero attached hydrogens (tertiary/aromatic N) is 1. The molecule has 74 heavy (non-hydrogen) atoms. The maximum atomic E-state index is 12.8. The van der Waals surface area contributed by atoms with E-state index in [1.807, 2.05) is 33.3 Å². The number of phosphoric ester groups is 1. The second-order valence-electron chi connectivity index (χ2n) is 19.2. The third-order valence-corrected chi connectivity index (χ3v) is 12.1. The van der Waals surface area contributed by atoms with Gasteiger partial charge in [-0.1, -0.05) is 223 Å². The molecule has 0 rings (SSSR count). The summed E-state index contributed by atoms with van der Waals surface area (Å²) < 4.78 is 34.3. The SMILES string of the molecule is CC/C=C\C/C=C\C/C=C\C/C=C\C/C=C\C/C=C\C/C=C\C/C=C\CCCCCCCCCCCCC(=O)OC(COC(=O)C/C=C\C/C=C\C/C=C\C/C=C\C/C=C\CC)COP(=O)(O)OCC[N+](C)(C)C. The summed E-state index contributed by atoms with van der Waals surface area (Å²) in [5.74, 6) is -0.964. The lowest BCUT2D eigenvalue weighted by atomic mass is 10.0. The van der Waals surface area contributed by atoms with Crippen molar-refractivity contribution in [2.75, 3.05) is 47.5 Å². The van der Waals surface area contributed by atoms with Crippen LogP contribution in [0.5, 0.6) is 0 Å². The van der Waals surface area contributed by atoms with Gasteiger partial charge in [0.15, 0.2) is 6.10 Å². The highest BCUT2D eigenvalue weighted by Gasteiger charge is 2.27. The lowest BCUT2D eigenvalue weighted by Crippen LogP contribution is -2.37. The second kappa shape index (κ2) is 53.5. The fourth-order valence-electron chi connectivity index (χ4n) is 6.81. The summed E-state index contributed by atoms with van der Waals surface area (Å²) in [5, 5.41) is 0. The molecular formula is C64H103NO8P+. The van der Waals surface area contributed by atoms with E-state index in [-0.39, 0.29) is 26.1 Å². The van der Waals surface area contributed by atoms with Crippen molar-refractivity contribution in [2.24, 2.45) is 0 Å². The summed E-state index contributed by atoms with van der Waals surface area (Å²) in [6, 6.07) is 0. The van der Waals surface area contributed by atoms with Gasteiger partial charge in [0, 0.05) is 6.42 Å². The van der Waals surface area contributed by atoms with Gasteiger partial charge in [-0.2, -0.15) is 0 Å². The lowest BCUT2D eigenvalue weighted by molar-refractivity contribution is -0.870. The van der Waals surface area contributed by atoms with Crippen molar-refractivity contribution in [3.63, 3.8) is 0 Å². The Labute approximate surface area is 452 Å². The van der Waals surface area contributed by atoms with E-state index in [0.717, 1.165) is 103 Å². The molecule has 0 aromatic carbocycles. The van der Waals surface area contributed by atoms with Gasteiger partial charge in [0.1, 0.15) is 19.8 Å². The highest BCUT2D eigenvalue weighted by molar-refractivity contribution is 7.47. The number of carbonyl (C=O) groups is 2.